The highest BCUT2D eigenvalue weighted by molar-refractivity contribution is 5.94. The summed E-state index contributed by atoms with van der Waals surface area (Å²) in [6, 6.07) is 7.37. The molecule has 4 rings (SSSR count). The number of benzene rings is 1. The number of carbonyl (C=O) groups is 2. The van der Waals surface area contributed by atoms with Crippen LogP contribution >= 0.6 is 0 Å². The fourth-order valence-corrected chi connectivity index (χ4v) is 4.97. The fourth-order valence-electron chi connectivity index (χ4n) is 4.97. The Morgan fingerprint density at radius 2 is 1.75 bits per heavy atom. The number of hydrogen-bond donors (Lipinski definition) is 0. The van der Waals surface area contributed by atoms with Crippen molar-refractivity contribution in [2.24, 2.45) is 0 Å². The Balaban J connectivity index is 1.40. The number of amides is 2. The van der Waals surface area contributed by atoms with E-state index in [0.29, 0.717) is 31.9 Å². The maximum atomic E-state index is 12.8. The molecule has 1 aromatic carbocycles. The average Bonchev–Trinajstić information content (AvgIpc) is 2.75. The van der Waals surface area contributed by atoms with Crippen molar-refractivity contribution in [2.75, 3.05) is 40.5 Å². The molecule has 3 aliphatic rings. The van der Waals surface area contributed by atoms with E-state index in [9.17, 15) is 9.59 Å². The van der Waals surface area contributed by atoms with Crippen LogP contribution in [0.15, 0.2) is 24.3 Å². The number of piperidine rings is 1. The molecule has 3 fully saturated rings. The molecule has 3 aliphatic heterocycles. The zero-order valence-electron chi connectivity index (χ0n) is 16.6. The van der Waals surface area contributed by atoms with E-state index in [1.54, 1.807) is 38.5 Å². The molecule has 7 nitrogen and oxygen atoms in total. The Morgan fingerprint density at radius 1 is 1.11 bits per heavy atom. The standard InChI is InChI=1S/C21H28N2O5/c1-26-17-5-3-15(4-6-17)19(24)22-11-7-16(8-12-22)23-20(25)18(27-2)21(23)9-13-28-14-10-21/h3-6,16,18H,7-14H2,1-2H3. The topological polar surface area (TPSA) is 68.3 Å². The van der Waals surface area contributed by atoms with Gasteiger partial charge in [0.2, 0.25) is 0 Å². The number of ether oxygens (including phenoxy) is 3. The molecule has 1 aromatic rings. The molecule has 0 aliphatic carbocycles. The second kappa shape index (κ2) is 7.72. The largest absolute Gasteiger partial charge is 0.497 e. The highest BCUT2D eigenvalue weighted by Crippen LogP contribution is 2.45. The number of β-lactam (4-membered cyclic amide) rings is 1. The molecule has 2 amide bonds. The molecule has 152 valence electrons. The van der Waals surface area contributed by atoms with E-state index in [1.807, 2.05) is 4.90 Å². The van der Waals surface area contributed by atoms with E-state index in [4.69, 9.17) is 14.2 Å². The van der Waals surface area contributed by atoms with Crippen LogP contribution in [0.2, 0.25) is 0 Å². The van der Waals surface area contributed by atoms with Crippen LogP contribution in [0.3, 0.4) is 0 Å². The number of nitrogens with zero attached hydrogens (tertiary/aromatic N) is 2. The van der Waals surface area contributed by atoms with Gasteiger partial charge in [0.15, 0.2) is 6.10 Å². The number of likely N-dealkylation sites (tertiary alicyclic amines) is 2. The van der Waals surface area contributed by atoms with Crippen molar-refractivity contribution in [1.82, 2.24) is 9.80 Å². The predicted molar refractivity (Wildman–Crippen MR) is 102 cm³/mol. The van der Waals surface area contributed by atoms with Crippen molar-refractivity contribution in [3.63, 3.8) is 0 Å². The van der Waals surface area contributed by atoms with Crippen LogP contribution in [0, 0.1) is 0 Å². The molecule has 1 spiro atoms. The minimum Gasteiger partial charge on any atom is -0.497 e. The highest BCUT2D eigenvalue weighted by atomic mass is 16.5. The Bertz CT molecular complexity index is 721. The summed E-state index contributed by atoms with van der Waals surface area (Å²) < 4.78 is 16.2. The minimum absolute atomic E-state index is 0.0339. The van der Waals surface area contributed by atoms with E-state index in [2.05, 4.69) is 4.90 Å². The van der Waals surface area contributed by atoms with Crippen LogP contribution < -0.4 is 4.74 Å². The third kappa shape index (κ3) is 3.06. The van der Waals surface area contributed by atoms with Gasteiger partial charge in [-0.05, 0) is 49.9 Å². The van der Waals surface area contributed by atoms with Gasteiger partial charge in [-0.15, -0.1) is 0 Å². The van der Waals surface area contributed by atoms with Crippen molar-refractivity contribution in [1.29, 1.82) is 0 Å². The van der Waals surface area contributed by atoms with Gasteiger partial charge in [0.1, 0.15) is 5.75 Å². The van der Waals surface area contributed by atoms with Gasteiger partial charge in [0.25, 0.3) is 11.8 Å². The molecule has 3 saturated heterocycles. The maximum absolute atomic E-state index is 12.8. The molecule has 0 N–H and O–H groups in total. The summed E-state index contributed by atoms with van der Waals surface area (Å²) in [5.41, 5.74) is 0.441. The first-order chi connectivity index (χ1) is 13.6. The Kier molecular flexibility index (Phi) is 5.29. The predicted octanol–water partition coefficient (Wildman–Crippen LogP) is 1.71. The highest BCUT2D eigenvalue weighted by Gasteiger charge is 2.62. The number of rotatable bonds is 4. The molecular weight excluding hydrogens is 360 g/mol. The summed E-state index contributed by atoms with van der Waals surface area (Å²) in [7, 11) is 3.23. The number of hydrogen-bond acceptors (Lipinski definition) is 5. The SMILES string of the molecule is COc1ccc(C(=O)N2CCC(N3C(=O)C(OC)C34CCOCC4)CC2)cc1. The van der Waals surface area contributed by atoms with Gasteiger partial charge >= 0.3 is 0 Å². The molecule has 1 unspecified atom stereocenters. The lowest BCUT2D eigenvalue weighted by molar-refractivity contribution is -0.213. The van der Waals surface area contributed by atoms with E-state index in [0.717, 1.165) is 31.4 Å². The Hall–Kier alpha value is -2.12. The number of carbonyl (C=O) groups excluding carboxylic acids is 2. The second-order valence-corrected chi connectivity index (χ2v) is 7.79. The normalized spacial score (nSPS) is 24.9. The van der Waals surface area contributed by atoms with E-state index >= 15 is 0 Å². The fraction of sp³-hybridized carbons (Fsp3) is 0.619. The van der Waals surface area contributed by atoms with Gasteiger partial charge in [-0.3, -0.25) is 9.59 Å². The molecular formula is C21H28N2O5. The summed E-state index contributed by atoms with van der Waals surface area (Å²) in [5.74, 6) is 0.858. The van der Waals surface area contributed by atoms with Gasteiger partial charge in [-0.2, -0.15) is 0 Å². The van der Waals surface area contributed by atoms with Gasteiger partial charge < -0.3 is 24.0 Å². The van der Waals surface area contributed by atoms with Crippen LogP contribution in [0.5, 0.6) is 5.75 Å². The minimum atomic E-state index is -0.352. The zero-order valence-corrected chi connectivity index (χ0v) is 16.6. The maximum Gasteiger partial charge on any atom is 0.254 e. The Morgan fingerprint density at radius 3 is 2.32 bits per heavy atom. The lowest BCUT2D eigenvalue weighted by Crippen LogP contribution is -2.79. The molecule has 0 aromatic heterocycles. The quantitative estimate of drug-likeness (QED) is 0.735. The van der Waals surface area contributed by atoms with Crippen LogP contribution in [-0.2, 0) is 14.3 Å². The first-order valence-corrected chi connectivity index (χ1v) is 9.98. The summed E-state index contributed by atoms with van der Waals surface area (Å²) in [5, 5.41) is 0. The zero-order chi connectivity index (χ0) is 19.7. The Labute approximate surface area is 165 Å². The summed E-state index contributed by atoms with van der Waals surface area (Å²) in [6.07, 6.45) is 2.89. The van der Waals surface area contributed by atoms with Gasteiger partial charge in [-0.25, -0.2) is 0 Å². The molecule has 0 bridgehead atoms. The van der Waals surface area contributed by atoms with Crippen LogP contribution in [-0.4, -0.2) is 79.8 Å². The molecule has 0 saturated carbocycles. The number of methoxy groups -OCH3 is 2. The molecule has 28 heavy (non-hydrogen) atoms. The molecule has 7 heteroatoms. The lowest BCUT2D eigenvalue weighted by Gasteiger charge is -2.61. The summed E-state index contributed by atoms with van der Waals surface area (Å²) in [6.45, 7) is 2.64. The van der Waals surface area contributed by atoms with Crippen LogP contribution in [0.1, 0.15) is 36.0 Å². The lowest BCUT2D eigenvalue weighted by atomic mass is 9.72. The third-order valence-corrected chi connectivity index (χ3v) is 6.48. The first kappa shape index (κ1) is 19.2. The monoisotopic (exact) mass is 388 g/mol. The van der Waals surface area contributed by atoms with Crippen molar-refractivity contribution >= 4 is 11.8 Å². The van der Waals surface area contributed by atoms with E-state index < -0.39 is 0 Å². The van der Waals surface area contributed by atoms with Crippen molar-refractivity contribution in [3.8, 4) is 5.75 Å². The smallest absolute Gasteiger partial charge is 0.254 e. The van der Waals surface area contributed by atoms with Crippen molar-refractivity contribution < 1.29 is 23.8 Å². The first-order valence-electron chi connectivity index (χ1n) is 9.98. The molecule has 1 atom stereocenters. The van der Waals surface area contributed by atoms with Crippen LogP contribution in [0.25, 0.3) is 0 Å². The van der Waals surface area contributed by atoms with E-state index in [-0.39, 0.29) is 29.5 Å². The van der Waals surface area contributed by atoms with Gasteiger partial charge in [0.05, 0.1) is 12.6 Å². The second-order valence-electron chi connectivity index (χ2n) is 7.79. The average molecular weight is 388 g/mol. The van der Waals surface area contributed by atoms with Gasteiger partial charge in [0, 0.05) is 45.0 Å². The van der Waals surface area contributed by atoms with Crippen molar-refractivity contribution in [2.45, 2.75) is 43.4 Å². The molecule has 3 heterocycles. The van der Waals surface area contributed by atoms with Gasteiger partial charge in [-0.1, -0.05) is 0 Å². The summed E-state index contributed by atoms with van der Waals surface area (Å²) >= 11 is 0. The molecule has 0 radical (unpaired) electrons. The summed E-state index contributed by atoms with van der Waals surface area (Å²) in [4.78, 5) is 29.5. The van der Waals surface area contributed by atoms with Crippen molar-refractivity contribution in [3.05, 3.63) is 29.8 Å². The third-order valence-electron chi connectivity index (χ3n) is 6.48. The van der Waals surface area contributed by atoms with E-state index in [1.165, 1.54) is 0 Å². The van der Waals surface area contributed by atoms with Crippen LogP contribution in [0.4, 0.5) is 0 Å².